The molecule has 0 saturated carbocycles. The lowest BCUT2D eigenvalue weighted by molar-refractivity contribution is -0.384. The first-order valence-corrected chi connectivity index (χ1v) is 10.4. The van der Waals surface area contributed by atoms with E-state index in [0.717, 1.165) is 5.56 Å². The first-order chi connectivity index (χ1) is 16.5. The van der Waals surface area contributed by atoms with Gasteiger partial charge in [0.2, 0.25) is 0 Å². The molecule has 0 aliphatic carbocycles. The number of fused-ring (bicyclic) bond motifs is 3. The number of non-ortho nitro benzene ring substituents is 1. The molecule has 3 heterocycles. The molecule has 2 N–H and O–H groups in total. The van der Waals surface area contributed by atoms with Gasteiger partial charge in [0, 0.05) is 23.9 Å². The van der Waals surface area contributed by atoms with Crippen molar-refractivity contribution in [3.8, 4) is 22.4 Å². The second-order valence-corrected chi connectivity index (χ2v) is 7.44. The smallest absolute Gasteiger partial charge is 0.343 e. The fraction of sp³-hybridized carbons (Fsp3) is 0.0833. The third-order valence-corrected chi connectivity index (χ3v) is 5.37. The van der Waals surface area contributed by atoms with Crippen molar-refractivity contribution in [1.29, 1.82) is 0 Å². The zero-order chi connectivity index (χ0) is 23.8. The van der Waals surface area contributed by atoms with Crippen molar-refractivity contribution in [2.45, 2.75) is 6.92 Å². The normalized spacial score (nSPS) is 11.1. The van der Waals surface area contributed by atoms with E-state index in [1.807, 2.05) is 36.4 Å². The summed E-state index contributed by atoms with van der Waals surface area (Å²) in [5.41, 5.74) is 9.73. The summed E-state index contributed by atoms with van der Waals surface area (Å²) in [6.45, 7) is 1.89. The monoisotopic (exact) mass is 454 g/mol. The SMILES string of the molecule is CCOC(=O)c1cnc2c3c(-c4cccc([N+](=O)[O-])c4)cc(-c4ccccc4)nc3nn2c1N. The van der Waals surface area contributed by atoms with Crippen LogP contribution >= 0.6 is 0 Å². The zero-order valence-corrected chi connectivity index (χ0v) is 18.0. The van der Waals surface area contributed by atoms with Crippen molar-refractivity contribution in [2.75, 3.05) is 12.3 Å². The first kappa shape index (κ1) is 21.0. The minimum atomic E-state index is -0.606. The number of pyridine rings is 1. The molecule has 0 unspecified atom stereocenters. The number of carbonyl (C=O) groups excluding carboxylic acids is 1. The summed E-state index contributed by atoms with van der Waals surface area (Å²) in [6.07, 6.45) is 1.34. The molecule has 5 aromatic rings. The average molecular weight is 454 g/mol. The maximum absolute atomic E-state index is 12.3. The van der Waals surface area contributed by atoms with Crippen LogP contribution in [0.5, 0.6) is 0 Å². The lowest BCUT2D eigenvalue weighted by atomic mass is 10.00. The van der Waals surface area contributed by atoms with Crippen LogP contribution in [0.25, 0.3) is 39.1 Å². The molecule has 0 saturated heterocycles. The van der Waals surface area contributed by atoms with Crippen LogP contribution in [0, 0.1) is 10.1 Å². The van der Waals surface area contributed by atoms with Crippen LogP contribution < -0.4 is 5.73 Å². The van der Waals surface area contributed by atoms with Gasteiger partial charge in [-0.3, -0.25) is 10.1 Å². The third-order valence-electron chi connectivity index (χ3n) is 5.37. The van der Waals surface area contributed by atoms with Crippen molar-refractivity contribution in [1.82, 2.24) is 19.6 Å². The van der Waals surface area contributed by atoms with Crippen LogP contribution in [-0.4, -0.2) is 37.1 Å². The van der Waals surface area contributed by atoms with Crippen LogP contribution in [0.3, 0.4) is 0 Å². The number of benzene rings is 2. The molecule has 2 aromatic carbocycles. The number of carbonyl (C=O) groups is 1. The summed E-state index contributed by atoms with van der Waals surface area (Å²) in [5, 5.41) is 16.5. The Labute approximate surface area is 192 Å². The Morgan fingerprint density at radius 3 is 2.62 bits per heavy atom. The van der Waals surface area contributed by atoms with Crippen LogP contribution in [0.4, 0.5) is 11.5 Å². The number of hydrogen-bond donors (Lipinski definition) is 1. The Bertz CT molecular complexity index is 1580. The molecule has 0 amide bonds. The summed E-state index contributed by atoms with van der Waals surface area (Å²) >= 11 is 0. The quantitative estimate of drug-likeness (QED) is 0.236. The molecule has 10 nitrogen and oxygen atoms in total. The highest BCUT2D eigenvalue weighted by atomic mass is 16.6. The molecule has 10 heteroatoms. The average Bonchev–Trinajstić information content (AvgIpc) is 3.24. The summed E-state index contributed by atoms with van der Waals surface area (Å²) in [4.78, 5) is 32.4. The van der Waals surface area contributed by atoms with Crippen molar-refractivity contribution in [3.05, 3.63) is 82.5 Å². The molecule has 0 radical (unpaired) electrons. The van der Waals surface area contributed by atoms with Crippen LogP contribution in [-0.2, 0) is 4.74 Å². The number of nitrogens with zero attached hydrogens (tertiary/aromatic N) is 5. The predicted molar refractivity (Wildman–Crippen MR) is 126 cm³/mol. The zero-order valence-electron chi connectivity index (χ0n) is 18.0. The van der Waals surface area contributed by atoms with E-state index in [1.54, 1.807) is 19.1 Å². The maximum atomic E-state index is 12.3. The number of nitrogen functional groups attached to an aromatic ring is 1. The molecule has 168 valence electrons. The highest BCUT2D eigenvalue weighted by Crippen LogP contribution is 2.36. The lowest BCUT2D eigenvalue weighted by Crippen LogP contribution is -2.12. The molecule has 0 atom stereocenters. The highest BCUT2D eigenvalue weighted by molar-refractivity contribution is 6.05. The molecule has 34 heavy (non-hydrogen) atoms. The summed E-state index contributed by atoms with van der Waals surface area (Å²) < 4.78 is 6.40. The Morgan fingerprint density at radius 2 is 1.88 bits per heavy atom. The number of nitro groups is 1. The Morgan fingerprint density at radius 1 is 1.12 bits per heavy atom. The third kappa shape index (κ3) is 3.47. The van der Waals surface area contributed by atoms with E-state index >= 15 is 0 Å². The summed E-state index contributed by atoms with van der Waals surface area (Å²) in [7, 11) is 0. The number of hydrogen-bond acceptors (Lipinski definition) is 8. The van der Waals surface area contributed by atoms with Gasteiger partial charge < -0.3 is 10.5 Å². The fourth-order valence-corrected chi connectivity index (χ4v) is 3.80. The van der Waals surface area contributed by atoms with Gasteiger partial charge in [0.05, 0.1) is 22.6 Å². The van der Waals surface area contributed by atoms with Gasteiger partial charge in [0.25, 0.3) is 5.69 Å². The number of rotatable bonds is 5. The van der Waals surface area contributed by atoms with E-state index in [-0.39, 0.29) is 23.7 Å². The van der Waals surface area contributed by atoms with Gasteiger partial charge in [0.1, 0.15) is 11.4 Å². The second-order valence-electron chi connectivity index (χ2n) is 7.44. The molecular weight excluding hydrogens is 436 g/mol. The molecule has 3 aromatic heterocycles. The number of aromatic nitrogens is 4. The van der Waals surface area contributed by atoms with Crippen LogP contribution in [0.1, 0.15) is 17.3 Å². The van der Waals surface area contributed by atoms with Crippen molar-refractivity contribution in [2.24, 2.45) is 0 Å². The van der Waals surface area contributed by atoms with Gasteiger partial charge in [-0.15, -0.1) is 5.10 Å². The molecular formula is C24H18N6O4. The molecule has 0 aliphatic rings. The number of anilines is 1. The minimum absolute atomic E-state index is 0.0442. The van der Waals surface area contributed by atoms with Gasteiger partial charge >= 0.3 is 5.97 Å². The van der Waals surface area contributed by atoms with Crippen LogP contribution in [0.15, 0.2) is 66.9 Å². The van der Waals surface area contributed by atoms with Crippen molar-refractivity contribution >= 4 is 34.2 Å². The van der Waals surface area contributed by atoms with Gasteiger partial charge in [-0.25, -0.2) is 14.8 Å². The summed E-state index contributed by atoms with van der Waals surface area (Å²) in [5.74, 6) is -0.543. The van der Waals surface area contributed by atoms with Gasteiger partial charge in [-0.1, -0.05) is 42.5 Å². The largest absolute Gasteiger partial charge is 0.462 e. The molecule has 0 aliphatic heterocycles. The molecule has 5 rings (SSSR count). The standard InChI is InChI=1S/C24H18N6O4/c1-2-34-24(31)18-13-26-23-20-17(15-9-6-10-16(11-15)30(32)33)12-19(14-7-4-3-5-8-14)27-22(20)28-29(23)21(18)25/h3-13H,2,25H2,1H3. The van der Waals surface area contributed by atoms with E-state index in [2.05, 4.69) is 10.1 Å². The van der Waals surface area contributed by atoms with Gasteiger partial charge in [-0.05, 0) is 24.1 Å². The predicted octanol–water partition coefficient (Wildman–Crippen LogP) is 4.28. The Kier molecular flexibility index (Phi) is 5.09. The first-order valence-electron chi connectivity index (χ1n) is 10.4. The van der Waals surface area contributed by atoms with Crippen LogP contribution in [0.2, 0.25) is 0 Å². The van der Waals surface area contributed by atoms with Crippen molar-refractivity contribution < 1.29 is 14.5 Å². The Hall–Kier alpha value is -4.86. The molecule has 0 fully saturated rings. The number of nitro benzene ring substituents is 1. The van der Waals surface area contributed by atoms with E-state index in [9.17, 15) is 14.9 Å². The van der Waals surface area contributed by atoms with Gasteiger partial charge in [0.15, 0.2) is 11.3 Å². The fourth-order valence-electron chi connectivity index (χ4n) is 3.80. The lowest BCUT2D eigenvalue weighted by Gasteiger charge is -2.08. The maximum Gasteiger partial charge on any atom is 0.343 e. The minimum Gasteiger partial charge on any atom is -0.462 e. The Balaban J connectivity index is 1.84. The van der Waals surface area contributed by atoms with E-state index < -0.39 is 10.9 Å². The van der Waals surface area contributed by atoms with E-state index in [4.69, 9.17) is 15.5 Å². The molecule has 0 spiro atoms. The van der Waals surface area contributed by atoms with E-state index in [1.165, 1.54) is 22.8 Å². The highest BCUT2D eigenvalue weighted by Gasteiger charge is 2.22. The second kappa shape index (κ2) is 8.24. The molecule has 0 bridgehead atoms. The topological polar surface area (TPSA) is 139 Å². The summed E-state index contributed by atoms with van der Waals surface area (Å²) in [6, 6.07) is 17.7. The number of nitrogens with two attached hydrogens (primary N) is 1. The van der Waals surface area contributed by atoms with Crippen molar-refractivity contribution in [3.63, 3.8) is 0 Å². The van der Waals surface area contributed by atoms with Gasteiger partial charge in [-0.2, -0.15) is 4.52 Å². The van der Waals surface area contributed by atoms with E-state index in [0.29, 0.717) is 33.5 Å². The number of esters is 1. The number of ether oxygens (including phenoxy) is 1.